The summed E-state index contributed by atoms with van der Waals surface area (Å²) in [4.78, 5) is 29.1. The molecule has 0 fully saturated rings. The lowest BCUT2D eigenvalue weighted by molar-refractivity contribution is -0.139. The summed E-state index contributed by atoms with van der Waals surface area (Å²) < 4.78 is 29.2. The van der Waals surface area contributed by atoms with Crippen LogP contribution in [0.15, 0.2) is 95.9 Å². The molecule has 1 N–H and O–H groups in total. The Kier molecular flexibility index (Phi) is 11.0. The Hall–Kier alpha value is -3.56. The van der Waals surface area contributed by atoms with Gasteiger partial charge >= 0.3 is 0 Å². The molecule has 44 heavy (non-hydrogen) atoms. The maximum Gasteiger partial charge on any atom is 0.264 e. The van der Waals surface area contributed by atoms with Crippen LogP contribution in [0.1, 0.15) is 22.3 Å². The van der Waals surface area contributed by atoms with Crippen LogP contribution in [0, 0.1) is 13.8 Å². The number of hydrogen-bond donors (Lipinski definition) is 1. The van der Waals surface area contributed by atoms with E-state index < -0.39 is 34.4 Å². The van der Waals surface area contributed by atoms with E-state index in [0.29, 0.717) is 20.6 Å². The predicted molar refractivity (Wildman–Crippen MR) is 177 cm³/mol. The maximum absolute atomic E-state index is 14.4. The first-order chi connectivity index (χ1) is 20.9. The fourth-order valence-corrected chi connectivity index (χ4v) is 6.78. The summed E-state index contributed by atoms with van der Waals surface area (Å²) >= 11 is 19.4. The van der Waals surface area contributed by atoms with Crippen LogP contribution in [0.25, 0.3) is 0 Å². The zero-order chi connectivity index (χ0) is 32.0. The molecule has 1 atom stereocenters. The van der Waals surface area contributed by atoms with Crippen molar-refractivity contribution in [2.24, 2.45) is 0 Å². The highest BCUT2D eigenvalue weighted by molar-refractivity contribution is 7.92. The average molecular weight is 673 g/mol. The van der Waals surface area contributed by atoms with Gasteiger partial charge in [0.05, 0.1) is 10.6 Å². The zero-order valence-corrected chi connectivity index (χ0v) is 27.5. The monoisotopic (exact) mass is 671 g/mol. The lowest BCUT2D eigenvalue weighted by Gasteiger charge is -2.34. The molecule has 0 aliphatic heterocycles. The van der Waals surface area contributed by atoms with Gasteiger partial charge < -0.3 is 10.2 Å². The molecule has 7 nitrogen and oxygen atoms in total. The number of likely N-dealkylation sites (N-methyl/N-ethyl adjacent to an activating group) is 1. The highest BCUT2D eigenvalue weighted by atomic mass is 35.5. The van der Waals surface area contributed by atoms with Crippen LogP contribution in [-0.2, 0) is 32.6 Å². The van der Waals surface area contributed by atoms with E-state index in [1.54, 1.807) is 49.4 Å². The highest BCUT2D eigenvalue weighted by Gasteiger charge is 2.35. The average Bonchev–Trinajstić information content (AvgIpc) is 3.00. The fourth-order valence-electron chi connectivity index (χ4n) is 4.68. The van der Waals surface area contributed by atoms with Crippen LogP contribution in [0.4, 0.5) is 5.69 Å². The first-order valence-electron chi connectivity index (χ1n) is 13.8. The number of hydrogen-bond acceptors (Lipinski definition) is 4. The number of halogens is 3. The van der Waals surface area contributed by atoms with Crippen LogP contribution >= 0.6 is 34.8 Å². The molecule has 0 spiro atoms. The quantitative estimate of drug-likeness (QED) is 0.189. The summed E-state index contributed by atoms with van der Waals surface area (Å²) in [6, 6.07) is 24.3. The second kappa shape index (κ2) is 14.5. The number of nitrogens with one attached hydrogen (secondary N) is 1. The maximum atomic E-state index is 14.4. The van der Waals surface area contributed by atoms with Crippen molar-refractivity contribution in [3.05, 3.63) is 128 Å². The van der Waals surface area contributed by atoms with Crippen molar-refractivity contribution in [1.29, 1.82) is 0 Å². The first-order valence-corrected chi connectivity index (χ1v) is 16.3. The molecule has 2 amide bonds. The van der Waals surface area contributed by atoms with Crippen molar-refractivity contribution in [3.63, 3.8) is 0 Å². The van der Waals surface area contributed by atoms with Gasteiger partial charge in [0.15, 0.2) is 0 Å². The van der Waals surface area contributed by atoms with Gasteiger partial charge in [0.1, 0.15) is 12.6 Å². The highest BCUT2D eigenvalue weighted by Crippen LogP contribution is 2.30. The Morgan fingerprint density at radius 1 is 0.818 bits per heavy atom. The van der Waals surface area contributed by atoms with E-state index in [1.807, 2.05) is 37.3 Å². The second-order valence-electron chi connectivity index (χ2n) is 10.3. The van der Waals surface area contributed by atoms with Gasteiger partial charge in [0.2, 0.25) is 11.8 Å². The Labute approximate surface area is 273 Å². The van der Waals surface area contributed by atoms with E-state index >= 15 is 0 Å². The van der Waals surface area contributed by atoms with Gasteiger partial charge in [-0.3, -0.25) is 13.9 Å². The Bertz CT molecular complexity index is 1730. The van der Waals surface area contributed by atoms with E-state index in [-0.39, 0.29) is 23.5 Å². The molecular formula is C33H32Cl3N3O4S. The van der Waals surface area contributed by atoms with Crippen molar-refractivity contribution in [2.75, 3.05) is 17.9 Å². The number of amides is 2. The number of sulfonamides is 1. The molecule has 0 radical (unpaired) electrons. The molecule has 1 unspecified atom stereocenters. The van der Waals surface area contributed by atoms with E-state index in [1.165, 1.54) is 30.1 Å². The second-order valence-corrected chi connectivity index (χ2v) is 13.4. The lowest BCUT2D eigenvalue weighted by atomic mass is 10.0. The normalized spacial score (nSPS) is 12.0. The van der Waals surface area contributed by atoms with Crippen molar-refractivity contribution in [1.82, 2.24) is 10.2 Å². The molecule has 4 rings (SSSR count). The van der Waals surface area contributed by atoms with E-state index in [0.717, 1.165) is 21.0 Å². The Morgan fingerprint density at radius 2 is 1.45 bits per heavy atom. The van der Waals surface area contributed by atoms with Crippen molar-refractivity contribution in [3.8, 4) is 0 Å². The molecule has 11 heteroatoms. The van der Waals surface area contributed by atoms with E-state index in [4.69, 9.17) is 34.8 Å². The third kappa shape index (κ3) is 7.74. The molecule has 0 saturated heterocycles. The number of aryl methyl sites for hydroxylation is 2. The minimum Gasteiger partial charge on any atom is -0.357 e. The summed E-state index contributed by atoms with van der Waals surface area (Å²) in [7, 11) is -2.77. The summed E-state index contributed by atoms with van der Waals surface area (Å²) in [5, 5.41) is 3.60. The summed E-state index contributed by atoms with van der Waals surface area (Å²) in [5.74, 6) is -1.07. The molecule has 0 saturated carbocycles. The molecule has 230 valence electrons. The molecule has 0 aromatic heterocycles. The SMILES string of the molecule is CNC(=O)C(Cc1ccccc1)N(Cc1c(Cl)cccc1Cl)C(=O)CN(c1ccc(C)c(Cl)c1)S(=O)(=O)c1ccc(C)cc1. The van der Waals surface area contributed by atoms with Crippen LogP contribution < -0.4 is 9.62 Å². The smallest absolute Gasteiger partial charge is 0.264 e. The van der Waals surface area contributed by atoms with E-state index in [2.05, 4.69) is 5.32 Å². The molecular weight excluding hydrogens is 641 g/mol. The number of rotatable bonds is 11. The lowest BCUT2D eigenvalue weighted by Crippen LogP contribution is -2.53. The number of carbonyl (C=O) groups is 2. The van der Waals surface area contributed by atoms with Crippen LogP contribution in [0.5, 0.6) is 0 Å². The van der Waals surface area contributed by atoms with E-state index in [9.17, 15) is 18.0 Å². The minimum atomic E-state index is -4.25. The van der Waals surface area contributed by atoms with Crippen LogP contribution in [0.3, 0.4) is 0 Å². The van der Waals surface area contributed by atoms with Crippen LogP contribution in [0.2, 0.25) is 15.1 Å². The Morgan fingerprint density at radius 3 is 2.05 bits per heavy atom. The predicted octanol–water partition coefficient (Wildman–Crippen LogP) is 6.85. The first kappa shape index (κ1) is 33.3. The number of nitrogens with zero attached hydrogens (tertiary/aromatic N) is 2. The van der Waals surface area contributed by atoms with Gasteiger partial charge in [-0.25, -0.2) is 8.42 Å². The molecule has 4 aromatic carbocycles. The van der Waals surface area contributed by atoms with Gasteiger partial charge in [0, 0.05) is 40.6 Å². The molecule has 0 heterocycles. The summed E-state index contributed by atoms with van der Waals surface area (Å²) in [5.41, 5.74) is 3.05. The van der Waals surface area contributed by atoms with Crippen molar-refractivity contribution >= 4 is 62.3 Å². The van der Waals surface area contributed by atoms with Gasteiger partial charge in [0.25, 0.3) is 10.0 Å². The third-order valence-corrected chi connectivity index (χ3v) is 10.1. The molecule has 4 aromatic rings. The third-order valence-electron chi connectivity index (χ3n) is 7.24. The van der Waals surface area contributed by atoms with Crippen molar-refractivity contribution in [2.45, 2.75) is 37.8 Å². The Balaban J connectivity index is 1.84. The number of carbonyl (C=O) groups excluding carboxylic acids is 2. The number of anilines is 1. The summed E-state index contributed by atoms with van der Waals surface area (Å²) in [6.45, 7) is 2.87. The number of benzene rings is 4. The van der Waals surface area contributed by atoms with Gasteiger partial charge in [-0.2, -0.15) is 0 Å². The van der Waals surface area contributed by atoms with Gasteiger partial charge in [-0.05, 0) is 61.4 Å². The fraction of sp³-hybridized carbons (Fsp3) is 0.212. The summed E-state index contributed by atoms with van der Waals surface area (Å²) in [6.07, 6.45) is 0.162. The molecule has 0 bridgehead atoms. The molecule has 0 aliphatic carbocycles. The van der Waals surface area contributed by atoms with Gasteiger partial charge in [-0.1, -0.05) is 95.0 Å². The minimum absolute atomic E-state index is 0.000400. The zero-order valence-electron chi connectivity index (χ0n) is 24.4. The molecule has 0 aliphatic rings. The van der Waals surface area contributed by atoms with Gasteiger partial charge in [-0.15, -0.1) is 0 Å². The largest absolute Gasteiger partial charge is 0.357 e. The topological polar surface area (TPSA) is 86.8 Å². The van der Waals surface area contributed by atoms with Crippen molar-refractivity contribution < 1.29 is 18.0 Å². The standard InChI is InChI=1S/C33H32Cl3N3O4S/c1-22-12-16-26(17-13-22)44(42,43)39(25-15-14-23(2)30(36)19-25)21-32(40)38(20-27-28(34)10-7-11-29(27)35)31(33(41)37-3)18-24-8-5-4-6-9-24/h4-17,19,31H,18,20-21H2,1-3H3,(H,37,41). The van der Waals surface area contributed by atoms with Crippen LogP contribution in [-0.4, -0.2) is 44.8 Å².